The van der Waals surface area contributed by atoms with Crippen molar-refractivity contribution in [3.8, 4) is 51.2 Å². The molecule has 3 heteroatoms. The fourth-order valence-corrected chi connectivity index (χ4v) is 7.62. The Morgan fingerprint density at radius 2 is 0.878 bits per heavy atom. The molecule has 8 aromatic carbocycles. The molecular formula is C46H27N3. The van der Waals surface area contributed by atoms with Crippen LogP contribution in [0.1, 0.15) is 11.1 Å². The first-order chi connectivity index (χ1) is 24.3. The minimum absolute atomic E-state index is 0.582. The lowest BCUT2D eigenvalue weighted by molar-refractivity contribution is 1.17. The molecule has 0 saturated carbocycles. The quantitative estimate of drug-likeness (QED) is 0.184. The van der Waals surface area contributed by atoms with Crippen LogP contribution in [0.15, 0.2) is 164 Å². The first-order valence-corrected chi connectivity index (χ1v) is 16.3. The number of para-hydroxylation sites is 3. The number of fused-ring (bicyclic) bond motifs is 5. The van der Waals surface area contributed by atoms with Gasteiger partial charge in [-0.3, -0.25) is 0 Å². The van der Waals surface area contributed by atoms with E-state index < -0.39 is 0 Å². The van der Waals surface area contributed by atoms with E-state index in [0.717, 1.165) is 76.9 Å². The van der Waals surface area contributed by atoms with Crippen LogP contribution in [0.4, 0.5) is 0 Å². The molecule has 0 spiro atoms. The van der Waals surface area contributed by atoms with Gasteiger partial charge in [-0.2, -0.15) is 10.5 Å². The van der Waals surface area contributed by atoms with E-state index in [9.17, 15) is 10.5 Å². The number of nitriles is 2. The van der Waals surface area contributed by atoms with Crippen molar-refractivity contribution in [1.82, 2.24) is 4.57 Å². The van der Waals surface area contributed by atoms with E-state index in [4.69, 9.17) is 0 Å². The number of rotatable bonds is 4. The van der Waals surface area contributed by atoms with Crippen LogP contribution in [-0.2, 0) is 0 Å². The molecule has 0 bridgehead atoms. The Balaban J connectivity index is 1.37. The van der Waals surface area contributed by atoms with Crippen molar-refractivity contribution >= 4 is 43.4 Å². The van der Waals surface area contributed by atoms with Gasteiger partial charge in [0.15, 0.2) is 0 Å². The standard InChI is InChI=1S/C46H27N3/c47-28-32-26-25-31(34-22-12-15-33(29-48)46(34)49-42-23-10-8-16-35(42)36-17-9-11-24-43(36)49)27-41(32)45-39-20-6-4-18-37(39)44(30-13-2-1-3-14-30)38-19-5-7-21-40(38)45/h1-27H. The highest BCUT2D eigenvalue weighted by Gasteiger charge is 2.22. The van der Waals surface area contributed by atoms with Gasteiger partial charge < -0.3 is 4.57 Å². The maximum Gasteiger partial charge on any atom is 0.101 e. The number of benzene rings is 8. The van der Waals surface area contributed by atoms with Gasteiger partial charge in [-0.05, 0) is 74.1 Å². The lowest BCUT2D eigenvalue weighted by atomic mass is 9.84. The molecular weight excluding hydrogens is 595 g/mol. The van der Waals surface area contributed by atoms with E-state index in [-0.39, 0.29) is 0 Å². The summed E-state index contributed by atoms with van der Waals surface area (Å²) in [6.45, 7) is 0. The molecule has 9 rings (SSSR count). The summed E-state index contributed by atoms with van der Waals surface area (Å²) >= 11 is 0. The topological polar surface area (TPSA) is 52.5 Å². The molecule has 226 valence electrons. The molecule has 49 heavy (non-hydrogen) atoms. The monoisotopic (exact) mass is 621 g/mol. The van der Waals surface area contributed by atoms with E-state index in [1.54, 1.807) is 0 Å². The summed E-state index contributed by atoms with van der Waals surface area (Å²) in [4.78, 5) is 0. The molecule has 0 N–H and O–H groups in total. The molecule has 0 saturated heterocycles. The van der Waals surface area contributed by atoms with Gasteiger partial charge in [0.1, 0.15) is 6.07 Å². The van der Waals surface area contributed by atoms with Gasteiger partial charge in [-0.15, -0.1) is 0 Å². The normalized spacial score (nSPS) is 11.2. The number of nitrogens with zero attached hydrogens (tertiary/aromatic N) is 3. The van der Waals surface area contributed by atoms with E-state index in [1.165, 1.54) is 5.56 Å². The van der Waals surface area contributed by atoms with Crippen LogP contribution in [0.3, 0.4) is 0 Å². The SMILES string of the molecule is N#Cc1ccc(-c2cccc(C#N)c2-n2c3ccccc3c3ccccc32)cc1-c1c2ccccc2c(-c2ccccc2)c2ccccc12. The third kappa shape index (κ3) is 4.35. The molecule has 0 fully saturated rings. The number of hydrogen-bond acceptors (Lipinski definition) is 2. The van der Waals surface area contributed by atoms with Crippen molar-refractivity contribution in [3.63, 3.8) is 0 Å². The fourth-order valence-electron chi connectivity index (χ4n) is 7.62. The van der Waals surface area contributed by atoms with Gasteiger partial charge in [-0.25, -0.2) is 0 Å². The lowest BCUT2D eigenvalue weighted by Gasteiger charge is -2.20. The zero-order valence-corrected chi connectivity index (χ0v) is 26.4. The third-order valence-corrected chi connectivity index (χ3v) is 9.67. The first-order valence-electron chi connectivity index (χ1n) is 16.3. The predicted molar refractivity (Wildman–Crippen MR) is 202 cm³/mol. The maximum absolute atomic E-state index is 10.5. The zero-order valence-electron chi connectivity index (χ0n) is 26.4. The summed E-state index contributed by atoms with van der Waals surface area (Å²) in [6.07, 6.45) is 0. The Labute approximate surface area is 283 Å². The minimum Gasteiger partial charge on any atom is -0.307 e. The maximum atomic E-state index is 10.5. The van der Waals surface area contributed by atoms with Gasteiger partial charge in [0, 0.05) is 21.9 Å². The molecule has 3 nitrogen and oxygen atoms in total. The van der Waals surface area contributed by atoms with Crippen LogP contribution in [0.25, 0.3) is 82.4 Å². The summed E-state index contributed by atoms with van der Waals surface area (Å²) in [5, 5.41) is 27.7. The molecule has 0 unspecified atom stereocenters. The van der Waals surface area contributed by atoms with E-state index in [0.29, 0.717) is 11.1 Å². The molecule has 0 amide bonds. The van der Waals surface area contributed by atoms with Gasteiger partial charge >= 0.3 is 0 Å². The van der Waals surface area contributed by atoms with Crippen molar-refractivity contribution in [3.05, 3.63) is 175 Å². The van der Waals surface area contributed by atoms with Gasteiger partial charge in [0.05, 0.1) is 33.9 Å². The van der Waals surface area contributed by atoms with Crippen molar-refractivity contribution in [2.75, 3.05) is 0 Å². The van der Waals surface area contributed by atoms with Crippen LogP contribution >= 0.6 is 0 Å². The summed E-state index contributed by atoms with van der Waals surface area (Å²) < 4.78 is 2.22. The molecule has 1 aromatic heterocycles. The second kappa shape index (κ2) is 11.4. The first kappa shape index (κ1) is 28.3. The summed E-state index contributed by atoms with van der Waals surface area (Å²) in [7, 11) is 0. The van der Waals surface area contributed by atoms with Crippen molar-refractivity contribution in [2.24, 2.45) is 0 Å². The Kier molecular flexibility index (Phi) is 6.58. The minimum atomic E-state index is 0.582. The molecule has 9 aromatic rings. The van der Waals surface area contributed by atoms with Crippen molar-refractivity contribution < 1.29 is 0 Å². The van der Waals surface area contributed by atoms with E-state index >= 15 is 0 Å². The van der Waals surface area contributed by atoms with E-state index in [1.807, 2.05) is 42.5 Å². The average Bonchev–Trinajstić information content (AvgIpc) is 3.50. The Morgan fingerprint density at radius 1 is 0.367 bits per heavy atom. The van der Waals surface area contributed by atoms with Gasteiger partial charge in [-0.1, -0.05) is 133 Å². The summed E-state index contributed by atoms with van der Waals surface area (Å²) in [5.41, 5.74) is 10.2. The Hall–Kier alpha value is -6.94. The molecule has 0 aliphatic carbocycles. The zero-order chi connectivity index (χ0) is 32.9. The lowest BCUT2D eigenvalue weighted by Crippen LogP contribution is -2.01. The highest BCUT2D eigenvalue weighted by Crippen LogP contribution is 2.46. The number of hydrogen-bond donors (Lipinski definition) is 0. The number of aromatic nitrogens is 1. The molecule has 0 radical (unpaired) electrons. The Bertz CT molecular complexity index is 2740. The average molecular weight is 622 g/mol. The summed E-state index contributed by atoms with van der Waals surface area (Å²) in [6, 6.07) is 61.2. The van der Waals surface area contributed by atoms with Gasteiger partial charge in [0.2, 0.25) is 0 Å². The van der Waals surface area contributed by atoms with Crippen molar-refractivity contribution in [1.29, 1.82) is 10.5 Å². The smallest absolute Gasteiger partial charge is 0.101 e. The Morgan fingerprint density at radius 3 is 1.45 bits per heavy atom. The van der Waals surface area contributed by atoms with E-state index in [2.05, 4.69) is 138 Å². The highest BCUT2D eigenvalue weighted by atomic mass is 15.0. The third-order valence-electron chi connectivity index (χ3n) is 9.67. The molecule has 0 aliphatic heterocycles. The van der Waals surface area contributed by atoms with Crippen molar-refractivity contribution in [2.45, 2.75) is 0 Å². The predicted octanol–water partition coefficient (Wildman–Crippen LogP) is 11.8. The van der Waals surface area contributed by atoms with Gasteiger partial charge in [0.25, 0.3) is 0 Å². The van der Waals surface area contributed by atoms with Crippen LogP contribution in [-0.4, -0.2) is 4.57 Å². The molecule has 0 atom stereocenters. The second-order valence-corrected chi connectivity index (χ2v) is 12.3. The fraction of sp³-hybridized carbons (Fsp3) is 0. The summed E-state index contributed by atoms with van der Waals surface area (Å²) in [5.74, 6) is 0. The molecule has 1 heterocycles. The van der Waals surface area contributed by atoms with Crippen LogP contribution in [0.2, 0.25) is 0 Å². The second-order valence-electron chi connectivity index (χ2n) is 12.3. The largest absolute Gasteiger partial charge is 0.307 e. The van der Waals surface area contributed by atoms with Crippen LogP contribution in [0.5, 0.6) is 0 Å². The molecule has 0 aliphatic rings. The highest BCUT2D eigenvalue weighted by molar-refractivity contribution is 6.22. The van der Waals surface area contributed by atoms with Crippen LogP contribution in [0, 0.1) is 22.7 Å². The van der Waals surface area contributed by atoms with Crippen LogP contribution < -0.4 is 0 Å².